The summed E-state index contributed by atoms with van der Waals surface area (Å²) in [5, 5.41) is 3.85. The zero-order chi connectivity index (χ0) is 13.9. The summed E-state index contributed by atoms with van der Waals surface area (Å²) in [4.78, 5) is 2.68. The van der Waals surface area contributed by atoms with E-state index in [9.17, 15) is 0 Å². The number of nitrogens with one attached hydrogen (secondary N) is 1. The minimum Gasteiger partial charge on any atom is -0.496 e. The lowest BCUT2D eigenvalue weighted by atomic mass is 9.97. The standard InChI is InChI=1S/C17H26N2O/c1-13(14-7-3-4-9-17(14)20-2)18-15-10-12-19-11-6-5-8-16(15)19/h3-4,7,9,13,15-16,18H,5-6,8,10-12H2,1-2H3/t13-,15?,16?/m0/s1. The number of para-hydroxylation sites is 1. The Morgan fingerprint density at radius 2 is 2.05 bits per heavy atom. The van der Waals surface area contributed by atoms with Gasteiger partial charge >= 0.3 is 0 Å². The van der Waals surface area contributed by atoms with Gasteiger partial charge in [-0.05, 0) is 38.8 Å². The van der Waals surface area contributed by atoms with Crippen molar-refractivity contribution in [2.45, 2.75) is 50.7 Å². The lowest BCUT2D eigenvalue weighted by molar-refractivity contribution is 0.177. The molecular formula is C17H26N2O. The Labute approximate surface area is 122 Å². The van der Waals surface area contributed by atoms with Crippen molar-refractivity contribution in [3.8, 4) is 5.75 Å². The van der Waals surface area contributed by atoms with Crippen molar-refractivity contribution in [2.75, 3.05) is 20.2 Å². The maximum Gasteiger partial charge on any atom is 0.123 e. The SMILES string of the molecule is COc1ccccc1[C@H](C)NC1CCN2CCCCC12. The number of hydrogen-bond donors (Lipinski definition) is 1. The zero-order valence-electron chi connectivity index (χ0n) is 12.6. The van der Waals surface area contributed by atoms with Gasteiger partial charge in [0.05, 0.1) is 7.11 Å². The van der Waals surface area contributed by atoms with Crippen LogP contribution in [0.3, 0.4) is 0 Å². The van der Waals surface area contributed by atoms with Gasteiger partial charge in [0, 0.05) is 30.2 Å². The molecule has 0 radical (unpaired) electrons. The molecular weight excluding hydrogens is 248 g/mol. The van der Waals surface area contributed by atoms with Gasteiger partial charge in [-0.25, -0.2) is 0 Å². The summed E-state index contributed by atoms with van der Waals surface area (Å²) in [6.07, 6.45) is 5.41. The van der Waals surface area contributed by atoms with E-state index in [2.05, 4.69) is 35.3 Å². The number of fused-ring (bicyclic) bond motifs is 1. The molecule has 0 bridgehead atoms. The Balaban J connectivity index is 1.68. The first-order chi connectivity index (χ1) is 9.79. The molecule has 3 heteroatoms. The summed E-state index contributed by atoms with van der Waals surface area (Å²) in [7, 11) is 1.75. The Bertz CT molecular complexity index is 448. The Kier molecular flexibility index (Phi) is 4.27. The number of methoxy groups -OCH3 is 1. The zero-order valence-corrected chi connectivity index (χ0v) is 12.6. The summed E-state index contributed by atoms with van der Waals surface area (Å²) < 4.78 is 5.49. The summed E-state index contributed by atoms with van der Waals surface area (Å²) in [5.41, 5.74) is 1.27. The minimum atomic E-state index is 0.345. The Morgan fingerprint density at radius 1 is 1.20 bits per heavy atom. The molecule has 2 aliphatic rings. The number of rotatable bonds is 4. The second-order valence-corrected chi connectivity index (χ2v) is 6.12. The second-order valence-electron chi connectivity index (χ2n) is 6.12. The molecule has 3 atom stereocenters. The normalized spacial score (nSPS) is 28.1. The molecule has 0 aliphatic carbocycles. The first-order valence-electron chi connectivity index (χ1n) is 7.92. The molecule has 1 N–H and O–H groups in total. The van der Waals surface area contributed by atoms with Gasteiger partial charge in [-0.1, -0.05) is 24.6 Å². The molecule has 1 aromatic carbocycles. The fourth-order valence-corrected chi connectivity index (χ4v) is 3.88. The highest BCUT2D eigenvalue weighted by Gasteiger charge is 2.36. The molecule has 0 spiro atoms. The third kappa shape index (κ3) is 2.70. The number of ether oxygens (including phenoxy) is 1. The monoisotopic (exact) mass is 274 g/mol. The van der Waals surface area contributed by atoms with Gasteiger partial charge in [0.25, 0.3) is 0 Å². The third-order valence-electron chi connectivity index (χ3n) is 4.93. The molecule has 0 amide bonds. The molecule has 110 valence electrons. The first kappa shape index (κ1) is 13.9. The molecule has 2 aliphatic heterocycles. The van der Waals surface area contributed by atoms with Crippen molar-refractivity contribution in [1.29, 1.82) is 0 Å². The number of nitrogens with zero attached hydrogens (tertiary/aromatic N) is 1. The molecule has 1 aromatic rings. The van der Waals surface area contributed by atoms with E-state index < -0.39 is 0 Å². The molecule has 3 rings (SSSR count). The van der Waals surface area contributed by atoms with Crippen LogP contribution >= 0.6 is 0 Å². The molecule has 2 saturated heterocycles. The number of benzene rings is 1. The lowest BCUT2D eigenvalue weighted by Crippen LogP contribution is -2.45. The lowest BCUT2D eigenvalue weighted by Gasteiger charge is -2.34. The van der Waals surface area contributed by atoms with Crippen LogP contribution in [0.25, 0.3) is 0 Å². The van der Waals surface area contributed by atoms with Crippen LogP contribution in [0.5, 0.6) is 5.75 Å². The Hall–Kier alpha value is -1.06. The predicted octanol–water partition coefficient (Wildman–Crippen LogP) is 2.97. The number of hydrogen-bond acceptors (Lipinski definition) is 3. The van der Waals surface area contributed by atoms with E-state index in [0.29, 0.717) is 12.1 Å². The van der Waals surface area contributed by atoms with Crippen molar-refractivity contribution in [2.24, 2.45) is 0 Å². The van der Waals surface area contributed by atoms with E-state index in [-0.39, 0.29) is 0 Å². The predicted molar refractivity (Wildman–Crippen MR) is 82.2 cm³/mol. The van der Waals surface area contributed by atoms with E-state index in [1.165, 1.54) is 44.3 Å². The van der Waals surface area contributed by atoms with Crippen molar-refractivity contribution < 1.29 is 4.74 Å². The van der Waals surface area contributed by atoms with Gasteiger partial charge in [-0.3, -0.25) is 4.90 Å². The van der Waals surface area contributed by atoms with Crippen LogP contribution in [0.4, 0.5) is 0 Å². The maximum absolute atomic E-state index is 5.49. The van der Waals surface area contributed by atoms with Gasteiger partial charge in [0.15, 0.2) is 0 Å². The number of piperidine rings is 1. The van der Waals surface area contributed by atoms with E-state index in [1.54, 1.807) is 7.11 Å². The van der Waals surface area contributed by atoms with Gasteiger partial charge in [0.2, 0.25) is 0 Å². The molecule has 3 nitrogen and oxygen atoms in total. The molecule has 0 aromatic heterocycles. The van der Waals surface area contributed by atoms with Crippen molar-refractivity contribution in [1.82, 2.24) is 10.2 Å². The van der Waals surface area contributed by atoms with Gasteiger partial charge in [-0.15, -0.1) is 0 Å². The van der Waals surface area contributed by atoms with Crippen LogP contribution in [0.15, 0.2) is 24.3 Å². The maximum atomic E-state index is 5.49. The van der Waals surface area contributed by atoms with Crippen molar-refractivity contribution >= 4 is 0 Å². The summed E-state index contributed by atoms with van der Waals surface area (Å²) in [5.74, 6) is 0.992. The van der Waals surface area contributed by atoms with Crippen LogP contribution < -0.4 is 10.1 Å². The van der Waals surface area contributed by atoms with E-state index >= 15 is 0 Å². The minimum absolute atomic E-state index is 0.345. The molecule has 2 fully saturated rings. The van der Waals surface area contributed by atoms with E-state index in [1.807, 2.05) is 6.07 Å². The quantitative estimate of drug-likeness (QED) is 0.913. The largest absolute Gasteiger partial charge is 0.496 e. The van der Waals surface area contributed by atoms with Crippen LogP contribution in [0.1, 0.15) is 44.2 Å². The smallest absolute Gasteiger partial charge is 0.123 e. The highest BCUT2D eigenvalue weighted by atomic mass is 16.5. The topological polar surface area (TPSA) is 24.5 Å². The highest BCUT2D eigenvalue weighted by Crippen LogP contribution is 2.30. The van der Waals surface area contributed by atoms with Crippen molar-refractivity contribution in [3.05, 3.63) is 29.8 Å². The molecule has 2 heterocycles. The third-order valence-corrected chi connectivity index (χ3v) is 4.93. The fraction of sp³-hybridized carbons (Fsp3) is 0.647. The summed E-state index contributed by atoms with van der Waals surface area (Å²) in [6.45, 7) is 4.82. The first-order valence-corrected chi connectivity index (χ1v) is 7.92. The van der Waals surface area contributed by atoms with Gasteiger partial charge in [-0.2, -0.15) is 0 Å². The highest BCUT2D eigenvalue weighted by molar-refractivity contribution is 5.35. The van der Waals surface area contributed by atoms with Crippen LogP contribution in [0, 0.1) is 0 Å². The molecule has 20 heavy (non-hydrogen) atoms. The molecule has 0 saturated carbocycles. The van der Waals surface area contributed by atoms with E-state index in [4.69, 9.17) is 4.74 Å². The van der Waals surface area contributed by atoms with Gasteiger partial charge < -0.3 is 10.1 Å². The van der Waals surface area contributed by atoms with Crippen LogP contribution in [-0.4, -0.2) is 37.2 Å². The average Bonchev–Trinajstić information content (AvgIpc) is 2.90. The second kappa shape index (κ2) is 6.15. The fourth-order valence-electron chi connectivity index (χ4n) is 3.88. The average molecular weight is 274 g/mol. The van der Waals surface area contributed by atoms with E-state index in [0.717, 1.165) is 11.8 Å². The van der Waals surface area contributed by atoms with Crippen LogP contribution in [0.2, 0.25) is 0 Å². The Morgan fingerprint density at radius 3 is 2.90 bits per heavy atom. The summed E-state index contributed by atoms with van der Waals surface area (Å²) >= 11 is 0. The summed E-state index contributed by atoms with van der Waals surface area (Å²) in [6, 6.07) is 10.1. The molecule has 2 unspecified atom stereocenters. The van der Waals surface area contributed by atoms with Crippen LogP contribution in [-0.2, 0) is 0 Å². The van der Waals surface area contributed by atoms with Crippen molar-refractivity contribution in [3.63, 3.8) is 0 Å². The van der Waals surface area contributed by atoms with Gasteiger partial charge in [0.1, 0.15) is 5.75 Å².